The summed E-state index contributed by atoms with van der Waals surface area (Å²) in [7, 11) is 0. The Morgan fingerprint density at radius 3 is 2.09 bits per heavy atom. The predicted molar refractivity (Wildman–Crippen MR) is 85.7 cm³/mol. The van der Waals surface area contributed by atoms with E-state index in [0.29, 0.717) is 12.8 Å². The van der Waals surface area contributed by atoms with Gasteiger partial charge in [0.15, 0.2) is 17.3 Å². The Bertz CT molecular complexity index is 448. The molecule has 0 bridgehead atoms. The van der Waals surface area contributed by atoms with E-state index in [9.17, 15) is 19.5 Å². The molecule has 1 N–H and O–H groups in total. The van der Waals surface area contributed by atoms with Crippen LogP contribution < -0.4 is 0 Å². The maximum atomic E-state index is 11.1. The number of rotatable bonds is 6. The van der Waals surface area contributed by atoms with Gasteiger partial charge in [0.1, 0.15) is 0 Å². The van der Waals surface area contributed by atoms with Crippen LogP contribution in [0.3, 0.4) is 0 Å². The van der Waals surface area contributed by atoms with Crippen molar-refractivity contribution in [2.75, 3.05) is 0 Å². The van der Waals surface area contributed by atoms with Crippen molar-refractivity contribution in [3.05, 3.63) is 11.3 Å². The second-order valence-electron chi connectivity index (χ2n) is 6.14. The first-order chi connectivity index (χ1) is 10.5. The van der Waals surface area contributed by atoms with E-state index in [1.54, 1.807) is 0 Å². The fraction of sp³-hybridized carbons (Fsp3) is 0.722. The maximum Gasteiger partial charge on any atom is 0.201 e. The van der Waals surface area contributed by atoms with E-state index >= 15 is 0 Å². The highest BCUT2D eigenvalue weighted by Crippen LogP contribution is 2.25. The van der Waals surface area contributed by atoms with Gasteiger partial charge in [-0.05, 0) is 37.7 Å². The fourth-order valence-corrected chi connectivity index (χ4v) is 2.85. The van der Waals surface area contributed by atoms with Gasteiger partial charge in [0.25, 0.3) is 0 Å². The summed E-state index contributed by atoms with van der Waals surface area (Å²) in [6.07, 6.45) is 8.79. The number of hydrogen-bond donors (Lipinski definition) is 1. The fourth-order valence-electron chi connectivity index (χ4n) is 2.85. The van der Waals surface area contributed by atoms with Crippen molar-refractivity contribution in [1.82, 2.24) is 0 Å². The zero-order chi connectivity index (χ0) is 16.5. The molecule has 0 spiro atoms. The van der Waals surface area contributed by atoms with E-state index < -0.39 is 0 Å². The summed E-state index contributed by atoms with van der Waals surface area (Å²) < 4.78 is 0. The Morgan fingerprint density at radius 1 is 0.955 bits per heavy atom. The summed E-state index contributed by atoms with van der Waals surface area (Å²) >= 11 is 0. The van der Waals surface area contributed by atoms with Crippen molar-refractivity contribution < 1.29 is 19.5 Å². The average Bonchev–Trinajstić information content (AvgIpc) is 3.00. The molecule has 1 atom stereocenters. The van der Waals surface area contributed by atoms with Crippen molar-refractivity contribution in [2.45, 2.75) is 78.1 Å². The second-order valence-corrected chi connectivity index (χ2v) is 6.14. The topological polar surface area (TPSA) is 71.4 Å². The van der Waals surface area contributed by atoms with Crippen LogP contribution in [0, 0.1) is 5.92 Å². The normalized spacial score (nSPS) is 21.4. The zero-order valence-corrected chi connectivity index (χ0v) is 13.8. The van der Waals surface area contributed by atoms with Crippen molar-refractivity contribution in [1.29, 1.82) is 0 Å². The third-order valence-corrected chi connectivity index (χ3v) is 4.36. The van der Waals surface area contributed by atoms with Crippen LogP contribution in [0.4, 0.5) is 0 Å². The van der Waals surface area contributed by atoms with Gasteiger partial charge in [0, 0.05) is 18.8 Å². The number of aliphatic hydroxyl groups is 1. The maximum absolute atomic E-state index is 11.1. The summed E-state index contributed by atoms with van der Waals surface area (Å²) in [4.78, 5) is 32.7. The molecule has 124 valence electrons. The summed E-state index contributed by atoms with van der Waals surface area (Å²) in [5.74, 6) is -0.207. The quantitative estimate of drug-likeness (QED) is 0.751. The van der Waals surface area contributed by atoms with Crippen LogP contribution >= 0.6 is 0 Å². The Balaban J connectivity index is 0.000000220. The molecular weight excluding hydrogens is 280 g/mol. The Kier molecular flexibility index (Phi) is 8.07. The number of carbonyl (C=O) groups is 3. The number of unbranched alkanes of at least 4 members (excludes halogenated alkanes) is 2. The van der Waals surface area contributed by atoms with Crippen molar-refractivity contribution in [3.63, 3.8) is 0 Å². The first-order valence-electron chi connectivity index (χ1n) is 8.52. The third-order valence-electron chi connectivity index (χ3n) is 4.36. The van der Waals surface area contributed by atoms with Gasteiger partial charge in [-0.3, -0.25) is 14.4 Å². The first-order valence-corrected chi connectivity index (χ1v) is 8.52. The van der Waals surface area contributed by atoms with Crippen LogP contribution in [0.1, 0.15) is 78.1 Å². The molecule has 0 radical (unpaired) electrons. The van der Waals surface area contributed by atoms with Crippen molar-refractivity contribution >= 4 is 17.3 Å². The van der Waals surface area contributed by atoms with Crippen LogP contribution in [0.5, 0.6) is 0 Å². The van der Waals surface area contributed by atoms with Gasteiger partial charge in [0.05, 0.1) is 0 Å². The lowest BCUT2D eigenvalue weighted by Crippen LogP contribution is -2.12. The van der Waals surface area contributed by atoms with Crippen LogP contribution in [0.15, 0.2) is 11.3 Å². The minimum atomic E-state index is -0.147. The van der Waals surface area contributed by atoms with Gasteiger partial charge in [-0.25, -0.2) is 0 Å². The second kappa shape index (κ2) is 9.54. The lowest BCUT2D eigenvalue weighted by Gasteiger charge is -2.03. The lowest BCUT2D eigenvalue weighted by atomic mass is 10.00. The highest BCUT2D eigenvalue weighted by Gasteiger charge is 2.31. The molecule has 0 amide bonds. The van der Waals surface area contributed by atoms with Crippen LogP contribution in [0.2, 0.25) is 0 Å². The smallest absolute Gasteiger partial charge is 0.201 e. The van der Waals surface area contributed by atoms with Gasteiger partial charge >= 0.3 is 0 Å². The van der Waals surface area contributed by atoms with E-state index in [2.05, 4.69) is 13.8 Å². The van der Waals surface area contributed by atoms with Crippen molar-refractivity contribution in [2.24, 2.45) is 5.92 Å². The molecule has 0 saturated heterocycles. The average molecular weight is 308 g/mol. The van der Waals surface area contributed by atoms with Gasteiger partial charge in [-0.1, -0.05) is 33.1 Å². The minimum absolute atomic E-state index is 0.0541. The number of Topliss-reactive ketones (excluding diaryl/α,β-unsaturated/α-hetero) is 3. The summed E-state index contributed by atoms with van der Waals surface area (Å²) in [5.41, 5.74) is 0.969. The lowest BCUT2D eigenvalue weighted by molar-refractivity contribution is -0.135. The molecule has 4 heteroatoms. The number of aliphatic hydroxyl groups excluding tert-OH is 1. The Morgan fingerprint density at radius 2 is 1.64 bits per heavy atom. The minimum Gasteiger partial charge on any atom is -0.504 e. The number of ketones is 3. The molecule has 0 aliphatic heterocycles. The summed E-state index contributed by atoms with van der Waals surface area (Å²) in [6, 6.07) is 0. The molecule has 2 aliphatic carbocycles. The van der Waals surface area contributed by atoms with Crippen LogP contribution in [0.25, 0.3) is 0 Å². The summed E-state index contributed by atoms with van der Waals surface area (Å²) in [5, 5.41) is 9.21. The van der Waals surface area contributed by atoms with Gasteiger partial charge in [-0.15, -0.1) is 0 Å². The molecule has 0 aromatic carbocycles. The molecule has 2 rings (SSSR count). The molecule has 0 aromatic heterocycles. The molecule has 1 unspecified atom stereocenters. The molecular formula is C18H28O4. The van der Waals surface area contributed by atoms with Gasteiger partial charge in [0.2, 0.25) is 5.78 Å². The number of carbonyl (C=O) groups excluding carboxylic acids is 3. The van der Waals surface area contributed by atoms with Crippen molar-refractivity contribution in [3.8, 4) is 0 Å². The van der Waals surface area contributed by atoms with E-state index in [-0.39, 0.29) is 29.0 Å². The zero-order valence-electron chi connectivity index (χ0n) is 13.8. The molecule has 0 heterocycles. The SMILES string of the molecule is CCCCC1=C(O)C(=O)CC1.CCCCC1CCC(=O)C1=O. The van der Waals surface area contributed by atoms with E-state index in [4.69, 9.17) is 0 Å². The molecule has 1 fully saturated rings. The number of hydrogen-bond acceptors (Lipinski definition) is 4. The van der Waals surface area contributed by atoms with Crippen LogP contribution in [-0.2, 0) is 14.4 Å². The summed E-state index contributed by atoms with van der Waals surface area (Å²) in [6.45, 7) is 4.20. The molecule has 4 nitrogen and oxygen atoms in total. The molecule has 2 aliphatic rings. The van der Waals surface area contributed by atoms with E-state index in [1.807, 2.05) is 0 Å². The highest BCUT2D eigenvalue weighted by atomic mass is 16.3. The van der Waals surface area contributed by atoms with E-state index in [1.165, 1.54) is 0 Å². The Hall–Kier alpha value is -1.45. The monoisotopic (exact) mass is 308 g/mol. The molecule has 0 aromatic rings. The third kappa shape index (κ3) is 5.39. The standard InChI is InChI=1S/2C9H14O2/c2*1-2-3-4-7-5-6-8(10)9(7)11/h11H,2-6H2,1H3;7H,2-6H2,1H3. The highest BCUT2D eigenvalue weighted by molar-refractivity contribution is 6.39. The predicted octanol–water partition coefficient (Wildman–Crippen LogP) is 4.08. The molecule has 1 saturated carbocycles. The Labute approximate surface area is 133 Å². The van der Waals surface area contributed by atoms with E-state index in [0.717, 1.165) is 56.9 Å². The van der Waals surface area contributed by atoms with Crippen LogP contribution in [-0.4, -0.2) is 22.5 Å². The molecule has 22 heavy (non-hydrogen) atoms. The largest absolute Gasteiger partial charge is 0.504 e. The number of allylic oxidation sites excluding steroid dienone is 2. The van der Waals surface area contributed by atoms with Gasteiger partial charge < -0.3 is 5.11 Å². The first kappa shape index (κ1) is 18.6. The van der Waals surface area contributed by atoms with Gasteiger partial charge in [-0.2, -0.15) is 0 Å².